The van der Waals surface area contributed by atoms with Crippen molar-refractivity contribution in [3.05, 3.63) is 29.3 Å². The number of nitrogens with zero attached hydrogens (tertiary/aromatic N) is 2. The van der Waals surface area contributed by atoms with E-state index >= 15 is 0 Å². The van der Waals surface area contributed by atoms with Gasteiger partial charge in [0.05, 0.1) is 19.7 Å². The first kappa shape index (κ1) is 30.1. The molecule has 2 amide bonds. The lowest BCUT2D eigenvalue weighted by Gasteiger charge is -2.20. The molecule has 0 saturated carbocycles. The molecule has 5 nitrogen and oxygen atoms in total. The van der Waals surface area contributed by atoms with Crippen LogP contribution < -0.4 is 4.74 Å². The van der Waals surface area contributed by atoms with E-state index in [0.717, 1.165) is 12.8 Å². The molecule has 0 aliphatic rings. The van der Waals surface area contributed by atoms with Crippen LogP contribution >= 0.6 is 0 Å². The quantitative estimate of drug-likeness (QED) is 0.237. The summed E-state index contributed by atoms with van der Waals surface area (Å²) < 4.78 is 6.05. The molecular formula is C30H44N2O3. The number of ether oxygens (including phenoxy) is 1. The van der Waals surface area contributed by atoms with Crippen LogP contribution in [0.25, 0.3) is 0 Å². The molecule has 1 aromatic carbocycles. The van der Waals surface area contributed by atoms with E-state index in [9.17, 15) is 9.59 Å². The SMILES string of the molecule is C#CCN(C)C(=O)c1cc(OCCCC(CCC(C)C)CCC(C)C)cc(C(=O)N(C)CC#C)c1. The smallest absolute Gasteiger partial charge is 0.254 e. The van der Waals surface area contributed by atoms with Crippen molar-refractivity contribution in [1.29, 1.82) is 0 Å². The van der Waals surface area contributed by atoms with Gasteiger partial charge in [-0.1, -0.05) is 65.2 Å². The van der Waals surface area contributed by atoms with Gasteiger partial charge in [-0.2, -0.15) is 0 Å². The second kappa shape index (κ2) is 15.9. The molecule has 0 radical (unpaired) electrons. The maximum atomic E-state index is 12.8. The molecule has 1 aromatic rings. The average Bonchev–Trinajstić information content (AvgIpc) is 2.81. The first-order valence-corrected chi connectivity index (χ1v) is 12.7. The standard InChI is InChI=1S/C30H44N2O3/c1-9-17-31(7)29(33)26-20-27(30(34)32(8)18-10-2)22-28(21-26)35-19-11-12-25(15-13-23(3)4)16-14-24(5)6/h1-2,20-25H,11-19H2,3-8H3. The fourth-order valence-corrected chi connectivity index (χ4v) is 3.92. The van der Waals surface area contributed by atoms with Gasteiger partial charge >= 0.3 is 0 Å². The minimum absolute atomic E-state index is 0.179. The summed E-state index contributed by atoms with van der Waals surface area (Å²) in [5, 5.41) is 0. The third-order valence-electron chi connectivity index (χ3n) is 6.08. The Morgan fingerprint density at radius 1 is 0.800 bits per heavy atom. The van der Waals surface area contributed by atoms with Crippen LogP contribution in [-0.2, 0) is 0 Å². The highest BCUT2D eigenvalue weighted by Gasteiger charge is 2.18. The van der Waals surface area contributed by atoms with Gasteiger partial charge in [0.1, 0.15) is 5.75 Å². The molecule has 0 atom stereocenters. The van der Waals surface area contributed by atoms with Crippen molar-refractivity contribution >= 4 is 11.8 Å². The first-order valence-electron chi connectivity index (χ1n) is 12.7. The molecule has 5 heteroatoms. The monoisotopic (exact) mass is 480 g/mol. The molecule has 192 valence electrons. The summed E-state index contributed by atoms with van der Waals surface area (Å²) in [5.74, 6) is 7.04. The molecular weight excluding hydrogens is 436 g/mol. The van der Waals surface area contributed by atoms with Gasteiger partial charge in [-0.25, -0.2) is 0 Å². The van der Waals surface area contributed by atoms with Gasteiger partial charge in [-0.15, -0.1) is 12.8 Å². The summed E-state index contributed by atoms with van der Waals surface area (Å²) in [5.41, 5.74) is 0.730. The number of carbonyl (C=O) groups is 2. The lowest BCUT2D eigenvalue weighted by Crippen LogP contribution is -2.29. The maximum Gasteiger partial charge on any atom is 0.254 e. The Morgan fingerprint density at radius 3 is 1.66 bits per heavy atom. The molecule has 0 spiro atoms. The van der Waals surface area contributed by atoms with E-state index in [2.05, 4.69) is 39.5 Å². The normalized spacial score (nSPS) is 10.8. The lowest BCUT2D eigenvalue weighted by molar-refractivity contribution is 0.0810. The van der Waals surface area contributed by atoms with E-state index in [1.54, 1.807) is 32.3 Å². The molecule has 0 fully saturated rings. The Hall–Kier alpha value is -2.92. The fourth-order valence-electron chi connectivity index (χ4n) is 3.92. The second-order valence-corrected chi connectivity index (χ2v) is 10.3. The highest BCUT2D eigenvalue weighted by molar-refractivity contribution is 6.00. The fraction of sp³-hybridized carbons (Fsp3) is 0.600. The van der Waals surface area contributed by atoms with Crippen molar-refractivity contribution in [2.24, 2.45) is 17.8 Å². The van der Waals surface area contributed by atoms with Crippen molar-refractivity contribution in [2.45, 2.75) is 66.2 Å². The van der Waals surface area contributed by atoms with E-state index in [0.29, 0.717) is 41.2 Å². The van der Waals surface area contributed by atoms with Crippen LogP contribution in [0.15, 0.2) is 18.2 Å². The van der Waals surface area contributed by atoms with Crippen LogP contribution in [0.5, 0.6) is 5.75 Å². The van der Waals surface area contributed by atoms with Crippen molar-refractivity contribution in [2.75, 3.05) is 33.8 Å². The highest BCUT2D eigenvalue weighted by atomic mass is 16.5. The van der Waals surface area contributed by atoms with E-state index in [1.165, 1.54) is 35.5 Å². The van der Waals surface area contributed by atoms with Crippen LogP contribution in [-0.4, -0.2) is 55.4 Å². The van der Waals surface area contributed by atoms with Crippen molar-refractivity contribution in [1.82, 2.24) is 9.80 Å². The zero-order chi connectivity index (χ0) is 26.4. The Labute approximate surface area is 213 Å². The van der Waals surface area contributed by atoms with E-state index in [1.807, 2.05) is 0 Å². The molecule has 0 bridgehead atoms. The third-order valence-corrected chi connectivity index (χ3v) is 6.08. The van der Waals surface area contributed by atoms with E-state index < -0.39 is 0 Å². The third kappa shape index (κ3) is 11.4. The van der Waals surface area contributed by atoms with Gasteiger partial charge in [0.15, 0.2) is 0 Å². The number of benzene rings is 1. The molecule has 0 aliphatic heterocycles. The maximum absolute atomic E-state index is 12.8. The highest BCUT2D eigenvalue weighted by Crippen LogP contribution is 2.25. The zero-order valence-electron chi connectivity index (χ0n) is 22.6. The van der Waals surface area contributed by atoms with Gasteiger partial charge in [0.25, 0.3) is 11.8 Å². The zero-order valence-corrected chi connectivity index (χ0v) is 22.6. The molecule has 0 aliphatic carbocycles. The van der Waals surface area contributed by atoms with Gasteiger partial charge in [0, 0.05) is 25.2 Å². The van der Waals surface area contributed by atoms with Crippen molar-refractivity contribution < 1.29 is 14.3 Å². The Balaban J connectivity index is 2.94. The van der Waals surface area contributed by atoms with Crippen LogP contribution in [0.1, 0.15) is 86.9 Å². The molecule has 1 rings (SSSR count). The predicted molar refractivity (Wildman–Crippen MR) is 144 cm³/mol. The first-order chi connectivity index (χ1) is 16.6. The minimum atomic E-state index is -0.260. The second-order valence-electron chi connectivity index (χ2n) is 10.3. The molecule has 0 unspecified atom stereocenters. The number of carbonyl (C=O) groups excluding carboxylic acids is 2. The van der Waals surface area contributed by atoms with E-state index in [4.69, 9.17) is 17.6 Å². The van der Waals surface area contributed by atoms with Crippen LogP contribution in [0.3, 0.4) is 0 Å². The molecule has 0 saturated heterocycles. The summed E-state index contributed by atoms with van der Waals surface area (Å²) in [6.45, 7) is 9.99. The predicted octanol–water partition coefficient (Wildman–Crippen LogP) is 5.74. The number of rotatable bonds is 15. The average molecular weight is 481 g/mol. The largest absolute Gasteiger partial charge is 0.494 e. The Kier molecular flexibility index (Phi) is 13.7. The molecule has 0 aromatic heterocycles. The molecule has 0 heterocycles. The van der Waals surface area contributed by atoms with Crippen molar-refractivity contribution in [3.8, 4) is 30.4 Å². The van der Waals surface area contributed by atoms with Gasteiger partial charge < -0.3 is 14.5 Å². The lowest BCUT2D eigenvalue weighted by atomic mass is 9.88. The number of terminal acetylenes is 2. The Bertz CT molecular complexity index is 828. The van der Waals surface area contributed by atoms with Gasteiger partial charge in [0.2, 0.25) is 0 Å². The summed E-state index contributed by atoms with van der Waals surface area (Å²) in [4.78, 5) is 28.6. The summed E-state index contributed by atoms with van der Waals surface area (Å²) in [6, 6.07) is 4.94. The number of hydrogen-bond acceptors (Lipinski definition) is 3. The summed E-state index contributed by atoms with van der Waals surface area (Å²) >= 11 is 0. The van der Waals surface area contributed by atoms with Crippen LogP contribution in [0, 0.1) is 42.4 Å². The van der Waals surface area contributed by atoms with Gasteiger partial charge in [-0.3, -0.25) is 9.59 Å². The summed E-state index contributed by atoms with van der Waals surface area (Å²) in [6.07, 6.45) is 17.7. The van der Waals surface area contributed by atoms with Crippen LogP contribution in [0.4, 0.5) is 0 Å². The molecule has 35 heavy (non-hydrogen) atoms. The number of amides is 2. The number of hydrogen-bond donors (Lipinski definition) is 0. The summed E-state index contributed by atoms with van der Waals surface area (Å²) in [7, 11) is 3.27. The van der Waals surface area contributed by atoms with E-state index in [-0.39, 0.29) is 24.9 Å². The topological polar surface area (TPSA) is 49.9 Å². The van der Waals surface area contributed by atoms with Crippen molar-refractivity contribution in [3.63, 3.8) is 0 Å². The minimum Gasteiger partial charge on any atom is -0.494 e. The van der Waals surface area contributed by atoms with Crippen LogP contribution in [0.2, 0.25) is 0 Å². The van der Waals surface area contributed by atoms with Gasteiger partial charge in [-0.05, 0) is 48.8 Å². The Morgan fingerprint density at radius 2 is 1.26 bits per heavy atom. The molecule has 0 N–H and O–H groups in total.